The van der Waals surface area contributed by atoms with Crippen LogP contribution in [0.15, 0.2) is 22.7 Å². The molecule has 0 fully saturated rings. The molecule has 1 aliphatic carbocycles. The Morgan fingerprint density at radius 2 is 2.32 bits per heavy atom. The number of aliphatic hydroxyl groups excluding tert-OH is 1. The molecule has 1 aromatic heterocycles. The molecule has 1 N–H and O–H groups in total. The highest BCUT2D eigenvalue weighted by atomic mass is 79.9. The second-order valence-electron chi connectivity index (χ2n) is 4.59. The minimum Gasteiger partial charge on any atom is -0.496 e. The fourth-order valence-electron chi connectivity index (χ4n) is 2.32. The zero-order valence-electron chi connectivity index (χ0n) is 10.5. The monoisotopic (exact) mass is 339 g/mol. The second kappa shape index (κ2) is 5.23. The minimum atomic E-state index is -0.336. The first-order valence-corrected chi connectivity index (χ1v) is 7.81. The van der Waals surface area contributed by atoms with Crippen molar-refractivity contribution in [2.24, 2.45) is 0 Å². The van der Waals surface area contributed by atoms with E-state index >= 15 is 0 Å². The van der Waals surface area contributed by atoms with Gasteiger partial charge in [0.25, 0.3) is 0 Å². The summed E-state index contributed by atoms with van der Waals surface area (Å²) in [6.45, 7) is 0. The average Bonchev–Trinajstić information content (AvgIpc) is 2.84. The van der Waals surface area contributed by atoms with Crippen molar-refractivity contribution in [2.75, 3.05) is 7.11 Å². The Labute approximate surface area is 124 Å². The number of halogens is 1. The smallest absolute Gasteiger partial charge is 0.133 e. The van der Waals surface area contributed by atoms with Crippen LogP contribution in [0.25, 0.3) is 10.6 Å². The first-order valence-electron chi connectivity index (χ1n) is 6.20. The molecule has 19 heavy (non-hydrogen) atoms. The summed E-state index contributed by atoms with van der Waals surface area (Å²) < 4.78 is 6.15. The van der Waals surface area contributed by atoms with Crippen molar-refractivity contribution < 1.29 is 9.84 Å². The lowest BCUT2D eigenvalue weighted by Gasteiger charge is -2.14. The molecule has 2 aromatic rings. The second-order valence-corrected chi connectivity index (χ2v) is 6.47. The Morgan fingerprint density at radius 1 is 1.47 bits per heavy atom. The Hall–Kier alpha value is -0.910. The molecule has 1 heterocycles. The molecule has 100 valence electrons. The molecule has 0 spiro atoms. The number of thiazole rings is 1. The third kappa shape index (κ3) is 2.42. The van der Waals surface area contributed by atoms with E-state index < -0.39 is 0 Å². The third-order valence-corrected chi connectivity index (χ3v) is 5.19. The quantitative estimate of drug-likeness (QED) is 0.900. The van der Waals surface area contributed by atoms with Crippen LogP contribution in [-0.2, 0) is 6.42 Å². The standard InChI is InChI=1S/C14H14BrNO2S/c1-18-12-6-5-8(7-9(12)15)14-16-10-3-2-4-11(17)13(10)19-14/h5-7,11,17H,2-4H2,1H3. The number of aryl methyl sites for hydroxylation is 1. The van der Waals surface area contributed by atoms with Gasteiger partial charge in [-0.25, -0.2) is 4.98 Å². The van der Waals surface area contributed by atoms with E-state index in [9.17, 15) is 5.11 Å². The van der Waals surface area contributed by atoms with Crippen LogP contribution in [0.1, 0.15) is 29.5 Å². The molecule has 1 aliphatic rings. The molecule has 0 aliphatic heterocycles. The number of benzene rings is 1. The molecular weight excluding hydrogens is 326 g/mol. The van der Waals surface area contributed by atoms with Gasteiger partial charge in [0.1, 0.15) is 10.8 Å². The van der Waals surface area contributed by atoms with E-state index in [0.29, 0.717) is 0 Å². The van der Waals surface area contributed by atoms with Crippen molar-refractivity contribution in [3.63, 3.8) is 0 Å². The Morgan fingerprint density at radius 3 is 3.00 bits per heavy atom. The van der Waals surface area contributed by atoms with Crippen molar-refractivity contribution in [3.8, 4) is 16.3 Å². The summed E-state index contributed by atoms with van der Waals surface area (Å²) in [6.07, 6.45) is 2.50. The molecule has 0 radical (unpaired) electrons. The van der Waals surface area contributed by atoms with E-state index in [4.69, 9.17) is 4.74 Å². The van der Waals surface area contributed by atoms with Gasteiger partial charge in [-0.1, -0.05) is 0 Å². The number of nitrogens with zero attached hydrogens (tertiary/aromatic N) is 1. The van der Waals surface area contributed by atoms with E-state index in [1.807, 2.05) is 18.2 Å². The topological polar surface area (TPSA) is 42.4 Å². The molecule has 0 saturated carbocycles. The molecule has 0 bridgehead atoms. The number of rotatable bonds is 2. The van der Waals surface area contributed by atoms with Gasteiger partial charge in [0, 0.05) is 5.56 Å². The predicted molar refractivity (Wildman–Crippen MR) is 79.7 cm³/mol. The van der Waals surface area contributed by atoms with Gasteiger partial charge in [-0.3, -0.25) is 0 Å². The van der Waals surface area contributed by atoms with E-state index in [1.165, 1.54) is 0 Å². The molecule has 1 unspecified atom stereocenters. The first-order chi connectivity index (χ1) is 9.19. The lowest BCUT2D eigenvalue weighted by molar-refractivity contribution is 0.160. The van der Waals surface area contributed by atoms with E-state index in [-0.39, 0.29) is 6.10 Å². The Bertz CT molecular complexity index is 611. The van der Waals surface area contributed by atoms with Gasteiger partial charge in [0.2, 0.25) is 0 Å². The molecule has 1 aromatic carbocycles. The summed E-state index contributed by atoms with van der Waals surface area (Å²) >= 11 is 5.09. The van der Waals surface area contributed by atoms with E-state index in [1.54, 1.807) is 18.4 Å². The fraction of sp³-hybridized carbons (Fsp3) is 0.357. The zero-order valence-corrected chi connectivity index (χ0v) is 12.9. The third-order valence-electron chi connectivity index (χ3n) is 3.32. The summed E-state index contributed by atoms with van der Waals surface area (Å²) in [7, 11) is 1.65. The van der Waals surface area contributed by atoms with Crippen molar-refractivity contribution in [1.82, 2.24) is 4.98 Å². The lowest BCUT2D eigenvalue weighted by atomic mass is 10.0. The van der Waals surface area contributed by atoms with Gasteiger partial charge >= 0.3 is 0 Å². The average molecular weight is 340 g/mol. The van der Waals surface area contributed by atoms with Crippen LogP contribution in [0.4, 0.5) is 0 Å². The van der Waals surface area contributed by atoms with Crippen LogP contribution >= 0.6 is 27.3 Å². The molecule has 5 heteroatoms. The van der Waals surface area contributed by atoms with Crippen LogP contribution < -0.4 is 4.74 Å². The Kier molecular flexibility index (Phi) is 3.60. The number of methoxy groups -OCH3 is 1. The summed E-state index contributed by atoms with van der Waals surface area (Å²) in [5, 5.41) is 11.0. The fourth-order valence-corrected chi connectivity index (χ4v) is 3.99. The molecule has 0 amide bonds. The molecule has 3 nitrogen and oxygen atoms in total. The predicted octanol–water partition coefficient (Wildman–Crippen LogP) is 3.95. The molecule has 3 rings (SSSR count). The summed E-state index contributed by atoms with van der Waals surface area (Å²) in [5.74, 6) is 0.810. The van der Waals surface area contributed by atoms with Crippen LogP contribution in [0.3, 0.4) is 0 Å². The normalized spacial score (nSPS) is 18.2. The largest absolute Gasteiger partial charge is 0.496 e. The Balaban J connectivity index is 2.01. The highest BCUT2D eigenvalue weighted by molar-refractivity contribution is 9.10. The maximum atomic E-state index is 10.00. The van der Waals surface area contributed by atoms with Gasteiger partial charge in [0.15, 0.2) is 0 Å². The SMILES string of the molecule is COc1ccc(-c2nc3c(s2)C(O)CCC3)cc1Br. The van der Waals surface area contributed by atoms with Crippen LogP contribution in [0, 0.1) is 0 Å². The highest BCUT2D eigenvalue weighted by Crippen LogP contribution is 2.39. The highest BCUT2D eigenvalue weighted by Gasteiger charge is 2.23. The molecule has 1 atom stereocenters. The minimum absolute atomic E-state index is 0.336. The molecule has 0 saturated heterocycles. The number of ether oxygens (including phenoxy) is 1. The van der Waals surface area contributed by atoms with Crippen LogP contribution in [0.5, 0.6) is 5.75 Å². The summed E-state index contributed by atoms with van der Waals surface area (Å²) in [4.78, 5) is 5.70. The van der Waals surface area contributed by atoms with Gasteiger partial charge < -0.3 is 9.84 Å². The zero-order chi connectivity index (χ0) is 13.4. The van der Waals surface area contributed by atoms with Crippen molar-refractivity contribution in [1.29, 1.82) is 0 Å². The van der Waals surface area contributed by atoms with Crippen molar-refractivity contribution >= 4 is 27.3 Å². The number of hydrogen-bond donors (Lipinski definition) is 1. The number of aromatic nitrogens is 1. The van der Waals surface area contributed by atoms with E-state index in [0.717, 1.165) is 50.6 Å². The van der Waals surface area contributed by atoms with Gasteiger partial charge in [-0.2, -0.15) is 0 Å². The van der Waals surface area contributed by atoms with Crippen molar-refractivity contribution in [3.05, 3.63) is 33.2 Å². The van der Waals surface area contributed by atoms with Gasteiger partial charge in [-0.05, 0) is 53.4 Å². The maximum Gasteiger partial charge on any atom is 0.133 e. The lowest BCUT2D eigenvalue weighted by Crippen LogP contribution is -2.06. The first kappa shape index (κ1) is 13.1. The number of fused-ring (bicyclic) bond motifs is 1. The summed E-state index contributed by atoms with van der Waals surface area (Å²) in [5.41, 5.74) is 2.12. The van der Waals surface area contributed by atoms with Crippen molar-refractivity contribution in [2.45, 2.75) is 25.4 Å². The summed E-state index contributed by atoms with van der Waals surface area (Å²) in [6, 6.07) is 5.94. The number of aliphatic hydroxyl groups is 1. The maximum absolute atomic E-state index is 10.00. The van der Waals surface area contributed by atoms with Gasteiger partial charge in [0.05, 0.1) is 28.3 Å². The van der Waals surface area contributed by atoms with Gasteiger partial charge in [-0.15, -0.1) is 11.3 Å². The molecular formula is C14H14BrNO2S. The number of hydrogen-bond acceptors (Lipinski definition) is 4. The van der Waals surface area contributed by atoms with Crippen LogP contribution in [0.2, 0.25) is 0 Å². The van der Waals surface area contributed by atoms with Crippen LogP contribution in [-0.4, -0.2) is 17.2 Å². The van der Waals surface area contributed by atoms with E-state index in [2.05, 4.69) is 20.9 Å².